The minimum Gasteiger partial charge on any atom is -0.386 e. The lowest BCUT2D eigenvalue weighted by Crippen LogP contribution is -2.21. The molecule has 22 aromatic carbocycles. The van der Waals surface area contributed by atoms with E-state index < -0.39 is 47.8 Å². The van der Waals surface area contributed by atoms with Crippen LogP contribution in [0.15, 0.2) is 388 Å². The number of para-hydroxylation sites is 8. The quantitative estimate of drug-likeness (QED) is 0.0369. The maximum Gasteiger partial charge on any atom is 0.347 e. The molecule has 4 aliphatic rings. The van der Waals surface area contributed by atoms with Crippen molar-refractivity contribution < 1.29 is 57.3 Å². The van der Waals surface area contributed by atoms with E-state index in [1.54, 1.807) is 24.3 Å². The molecule has 0 saturated heterocycles. The van der Waals surface area contributed by atoms with Crippen LogP contribution >= 0.6 is 0 Å². The van der Waals surface area contributed by atoms with Crippen molar-refractivity contribution in [1.29, 1.82) is 0 Å². The normalized spacial score (nSPS) is 13.4. The van der Waals surface area contributed by atoms with Crippen molar-refractivity contribution in [3.05, 3.63) is 433 Å². The Hall–Kier alpha value is -18.8. The summed E-state index contributed by atoms with van der Waals surface area (Å²) in [7, 11) is 0. The Balaban J connectivity index is 0.000000138. The summed E-state index contributed by atoms with van der Waals surface area (Å²) in [5.41, 5.74) is 19.6. The number of benzene rings is 22. The molecule has 0 saturated carbocycles. The summed E-state index contributed by atoms with van der Waals surface area (Å²) in [5.74, 6) is -5.78. The second kappa shape index (κ2) is 29.4. The van der Waals surface area contributed by atoms with Crippen molar-refractivity contribution in [2.75, 3.05) is 9.80 Å². The van der Waals surface area contributed by atoms with Crippen molar-refractivity contribution >= 4 is 212 Å². The fourth-order valence-electron chi connectivity index (χ4n) is 22.0. The first-order valence-corrected chi connectivity index (χ1v) is 44.6. The molecule has 0 atom stereocenters. The summed E-state index contributed by atoms with van der Waals surface area (Å²) in [6.45, 7) is 0. The van der Waals surface area contributed by atoms with E-state index in [1.807, 2.05) is 267 Å². The van der Waals surface area contributed by atoms with E-state index >= 15 is 0 Å². The van der Waals surface area contributed by atoms with Crippen molar-refractivity contribution in [2.24, 2.45) is 0 Å². The smallest absolute Gasteiger partial charge is 0.347 e. The highest BCUT2D eigenvalue weighted by Crippen LogP contribution is 2.55. The molecule has 136 heavy (non-hydrogen) atoms. The van der Waals surface area contributed by atoms with Crippen LogP contribution in [0.1, 0.15) is 82.9 Å². The van der Waals surface area contributed by atoms with E-state index in [0.29, 0.717) is 76.8 Å². The van der Waals surface area contributed by atoms with E-state index in [4.69, 9.17) is 18.9 Å². The molecule has 28 rings (SSSR count). The Morgan fingerprint density at radius 2 is 0.368 bits per heavy atom. The van der Waals surface area contributed by atoms with Gasteiger partial charge >= 0.3 is 47.8 Å². The average Bonchev–Trinajstić information content (AvgIpc) is 1.69. The van der Waals surface area contributed by atoms with Crippen LogP contribution in [0.3, 0.4) is 0 Å². The monoisotopic (exact) mass is 1750 g/mol. The van der Waals surface area contributed by atoms with Gasteiger partial charge in [0, 0.05) is 88.6 Å². The van der Waals surface area contributed by atoms with Gasteiger partial charge in [-0.15, -0.1) is 0 Å². The molecule has 0 N–H and O–H groups in total. The van der Waals surface area contributed by atoms with Gasteiger partial charge in [-0.25, -0.2) is 38.4 Å². The second-order valence-electron chi connectivity index (χ2n) is 34.7. The summed E-state index contributed by atoms with van der Waals surface area (Å²) in [4.78, 5) is 116. The fraction of sp³-hybridized carbons (Fsp3) is 0. The predicted molar refractivity (Wildman–Crippen MR) is 534 cm³/mol. The zero-order valence-corrected chi connectivity index (χ0v) is 71.6. The van der Waals surface area contributed by atoms with Gasteiger partial charge in [-0.2, -0.15) is 0 Å². The molecule has 6 heterocycles. The third-order valence-corrected chi connectivity index (χ3v) is 27.7. The summed E-state index contributed by atoms with van der Waals surface area (Å²) >= 11 is 0. The van der Waals surface area contributed by atoms with Gasteiger partial charge in [0.25, 0.3) is 0 Å². The Labute approximate surface area is 771 Å². The molecule has 0 aliphatic carbocycles. The summed E-state index contributed by atoms with van der Waals surface area (Å²) in [6.07, 6.45) is 0. The molecule has 0 bridgehead atoms. The SMILES string of the molecule is O=C1OC(=O)c2c(-c3ccc(-n4c5ccccc5c5ccccc54)cc3)cc3c4ccc5c6c(c(-c7ccc(-n8c9ccccc9c9ccccc98)cc7)cc(c7ccc1c2c73)c64)C(=O)OC5=O.O=C1OC(=O)c2c(-c3ccc(N(c4ccccc4)c4ccccc4)cc3)cc3c4ccc5c6c(c(-c7ccc(N(c8ccccc8)c8ccccc8)cc7)cc(c7ccc1c2c73)c64)C(=O)OC5=O. The van der Waals surface area contributed by atoms with E-state index in [1.165, 1.54) is 0 Å². The van der Waals surface area contributed by atoms with Gasteiger partial charge in [-0.3, -0.25) is 0 Å². The molecule has 0 radical (unpaired) electrons. The molecule has 0 spiro atoms. The lowest BCUT2D eigenvalue weighted by Gasteiger charge is -2.27. The van der Waals surface area contributed by atoms with Gasteiger partial charge in [-0.1, -0.05) is 218 Å². The molecular weight excluding hydrogens is 1690 g/mol. The van der Waals surface area contributed by atoms with Gasteiger partial charge < -0.3 is 37.9 Å². The van der Waals surface area contributed by atoms with Crippen molar-refractivity contribution in [1.82, 2.24) is 9.13 Å². The molecule has 0 fully saturated rings. The lowest BCUT2D eigenvalue weighted by atomic mass is 9.80. The molecule has 0 amide bonds. The number of nitrogens with zero attached hydrogens (tertiary/aromatic N) is 4. The molecule has 636 valence electrons. The number of cyclic esters (lactones) is 8. The fourth-order valence-corrected chi connectivity index (χ4v) is 22.0. The first kappa shape index (κ1) is 77.2. The lowest BCUT2D eigenvalue weighted by molar-refractivity contribution is 0.0373. The Kier molecular flexibility index (Phi) is 16.7. The molecule has 24 aromatic rings. The number of carbonyl (C=O) groups is 8. The van der Waals surface area contributed by atoms with Crippen LogP contribution in [0, 0.1) is 0 Å². The van der Waals surface area contributed by atoms with Crippen LogP contribution in [0.25, 0.3) is 186 Å². The zero-order chi connectivity index (χ0) is 90.7. The number of fused-ring (bicyclic) bond motifs is 10. The number of aromatic nitrogens is 2. The standard InChI is InChI=1S/C60H30N2O6.C60H34N2O6/c63-57-41-27-26-40-46-30-44(32-19-23-34(24-20-32)62-49-15-7-3-11-37(49)38-12-4-8-16-50(38)62)56-54-42(58(64)68-60(56)66)28-25-39(52(46)54)45-29-43(55(59(65)67-57)53(41)51(40)45)31-17-21-33(22-18-31)61-47-13-5-1-9-35(47)36-10-2-6-14-48(36)61;63-57-45-31-30-44-50-34-48(36-23-27-42(28-24-36)62(39-17-9-3-10-18-39)40-19-11-4-12-20-40)56-54-46(58(64)68-60(56)66)32-29-43(52(50)54)49-33-47(55(59(65)67-57)53(45)51(44)49)35-21-25-41(26-22-35)61(37-13-5-1-6-14-37)38-15-7-2-8-16-38/h1-30H;1-34H. The number of ether oxygens (including phenoxy) is 4. The van der Waals surface area contributed by atoms with Crippen molar-refractivity contribution in [2.45, 2.75) is 0 Å². The summed E-state index contributed by atoms with van der Waals surface area (Å²) in [5, 5.41) is 15.6. The van der Waals surface area contributed by atoms with Crippen molar-refractivity contribution in [3.63, 3.8) is 0 Å². The second-order valence-corrected chi connectivity index (χ2v) is 34.7. The highest BCUT2D eigenvalue weighted by Gasteiger charge is 2.40. The minimum absolute atomic E-state index is 0.280. The van der Waals surface area contributed by atoms with E-state index in [9.17, 15) is 38.4 Å². The number of rotatable bonds is 12. The highest BCUT2D eigenvalue weighted by atomic mass is 16.6. The van der Waals surface area contributed by atoms with Crippen LogP contribution in [-0.4, -0.2) is 56.9 Å². The minimum atomic E-state index is -0.731. The first-order valence-electron chi connectivity index (χ1n) is 44.6. The number of hydrogen-bond acceptors (Lipinski definition) is 14. The van der Waals surface area contributed by atoms with Gasteiger partial charge in [0.05, 0.1) is 66.6 Å². The van der Waals surface area contributed by atoms with Gasteiger partial charge in [0.1, 0.15) is 0 Å². The maximum atomic E-state index is 14.2. The number of carbonyl (C=O) groups excluding carboxylic acids is 8. The van der Waals surface area contributed by atoms with Gasteiger partial charge in [0.15, 0.2) is 0 Å². The molecule has 0 unspecified atom stereocenters. The Bertz CT molecular complexity index is 8750. The zero-order valence-electron chi connectivity index (χ0n) is 71.6. The number of hydrogen-bond donors (Lipinski definition) is 0. The summed E-state index contributed by atoms with van der Waals surface area (Å²) < 4.78 is 26.3. The topological polar surface area (TPSA) is 190 Å². The molecule has 16 nitrogen and oxygen atoms in total. The predicted octanol–water partition coefficient (Wildman–Crippen LogP) is 28.5. The van der Waals surface area contributed by atoms with Crippen LogP contribution in [0.5, 0.6) is 0 Å². The van der Waals surface area contributed by atoms with Crippen LogP contribution < -0.4 is 9.80 Å². The average molecular weight is 1750 g/mol. The van der Waals surface area contributed by atoms with E-state index in [0.717, 1.165) is 165 Å². The van der Waals surface area contributed by atoms with Gasteiger partial charge in [-0.05, 0) is 279 Å². The molecule has 4 aliphatic heterocycles. The first-order chi connectivity index (χ1) is 66.8. The van der Waals surface area contributed by atoms with Crippen molar-refractivity contribution in [3.8, 4) is 55.9 Å². The third-order valence-electron chi connectivity index (χ3n) is 27.7. The largest absolute Gasteiger partial charge is 0.386 e. The van der Waals surface area contributed by atoms with Crippen LogP contribution in [-0.2, 0) is 18.9 Å². The highest BCUT2D eigenvalue weighted by molar-refractivity contribution is 6.44. The van der Waals surface area contributed by atoms with Crippen LogP contribution in [0.2, 0.25) is 0 Å². The Morgan fingerprint density at radius 3 is 0.603 bits per heavy atom. The maximum absolute atomic E-state index is 14.2. The third kappa shape index (κ3) is 11.3. The number of esters is 8. The van der Waals surface area contributed by atoms with Crippen LogP contribution in [0.4, 0.5) is 34.1 Å². The van der Waals surface area contributed by atoms with E-state index in [2.05, 4.69) is 116 Å². The molecular formula is C120H64N4O12. The Morgan fingerprint density at radius 1 is 0.162 bits per heavy atom. The summed E-state index contributed by atoms with van der Waals surface area (Å²) in [6, 6.07) is 128. The van der Waals surface area contributed by atoms with Gasteiger partial charge in [0.2, 0.25) is 0 Å². The number of anilines is 6. The molecule has 16 heteroatoms. The molecule has 2 aromatic heterocycles. The van der Waals surface area contributed by atoms with E-state index in [-0.39, 0.29) is 22.3 Å².